The van der Waals surface area contributed by atoms with Crippen LogP contribution in [0.1, 0.15) is 33.1 Å². The quantitative estimate of drug-likeness (QED) is 0.721. The summed E-state index contributed by atoms with van der Waals surface area (Å²) in [7, 11) is 0. The van der Waals surface area contributed by atoms with Crippen LogP contribution in [-0.2, 0) is 4.79 Å². The van der Waals surface area contributed by atoms with Crippen molar-refractivity contribution in [1.29, 1.82) is 0 Å². The van der Waals surface area contributed by atoms with Crippen LogP contribution in [0.5, 0.6) is 0 Å². The van der Waals surface area contributed by atoms with Crippen molar-refractivity contribution < 1.29 is 4.79 Å². The second-order valence-corrected chi connectivity index (χ2v) is 6.86. The van der Waals surface area contributed by atoms with E-state index in [0.717, 1.165) is 44.9 Å². The van der Waals surface area contributed by atoms with E-state index in [9.17, 15) is 4.79 Å². The van der Waals surface area contributed by atoms with E-state index >= 15 is 0 Å². The van der Waals surface area contributed by atoms with Crippen LogP contribution in [0, 0.1) is 0 Å². The fourth-order valence-electron chi connectivity index (χ4n) is 3.36. The van der Waals surface area contributed by atoms with Crippen LogP contribution < -0.4 is 5.32 Å². The Labute approximate surface area is 127 Å². The van der Waals surface area contributed by atoms with Gasteiger partial charge in [0.2, 0.25) is 5.91 Å². The minimum Gasteiger partial charge on any atom is -0.335 e. The second-order valence-electron chi connectivity index (χ2n) is 5.76. The molecule has 2 aliphatic heterocycles. The Bertz CT molecular complexity index is 295. The Balaban J connectivity index is 1.72. The van der Waals surface area contributed by atoms with Gasteiger partial charge in [-0.05, 0) is 38.9 Å². The Kier molecular flexibility index (Phi) is 6.65. The summed E-state index contributed by atoms with van der Waals surface area (Å²) in [5.74, 6) is 2.09. The summed E-state index contributed by atoms with van der Waals surface area (Å²) in [5.41, 5.74) is 0. The highest BCUT2D eigenvalue weighted by Crippen LogP contribution is 2.28. The van der Waals surface area contributed by atoms with Crippen molar-refractivity contribution in [2.75, 3.05) is 44.2 Å². The van der Waals surface area contributed by atoms with Gasteiger partial charge in [-0.1, -0.05) is 13.8 Å². The van der Waals surface area contributed by atoms with Gasteiger partial charge >= 0.3 is 0 Å². The first-order valence-electron chi connectivity index (χ1n) is 8.08. The van der Waals surface area contributed by atoms with Crippen molar-refractivity contribution in [3.8, 4) is 0 Å². The van der Waals surface area contributed by atoms with Crippen LogP contribution in [0.3, 0.4) is 0 Å². The smallest absolute Gasteiger partial charge is 0.233 e. The highest BCUT2D eigenvalue weighted by molar-refractivity contribution is 7.99. The third kappa shape index (κ3) is 4.12. The molecular weight excluding hydrogens is 270 g/mol. The highest BCUT2D eigenvalue weighted by Gasteiger charge is 2.37. The Morgan fingerprint density at radius 1 is 1.25 bits per heavy atom. The predicted molar refractivity (Wildman–Crippen MR) is 86.3 cm³/mol. The van der Waals surface area contributed by atoms with Gasteiger partial charge in [0.15, 0.2) is 0 Å². The fourth-order valence-corrected chi connectivity index (χ4v) is 4.21. The van der Waals surface area contributed by atoms with E-state index in [-0.39, 0.29) is 0 Å². The Morgan fingerprint density at radius 3 is 2.75 bits per heavy atom. The maximum absolute atomic E-state index is 12.5. The number of hydrogen-bond acceptors (Lipinski definition) is 4. The minimum atomic E-state index is 0.366. The molecule has 0 aromatic heterocycles. The zero-order chi connectivity index (χ0) is 14.4. The lowest BCUT2D eigenvalue weighted by molar-refractivity contribution is -0.130. The van der Waals surface area contributed by atoms with Crippen LogP contribution in [0.4, 0.5) is 0 Å². The molecule has 116 valence electrons. The van der Waals surface area contributed by atoms with Gasteiger partial charge in [-0.3, -0.25) is 4.79 Å². The molecule has 20 heavy (non-hydrogen) atoms. The molecule has 2 atom stereocenters. The molecule has 0 radical (unpaired) electrons. The molecule has 0 spiro atoms. The van der Waals surface area contributed by atoms with Crippen LogP contribution in [0.2, 0.25) is 0 Å². The summed E-state index contributed by atoms with van der Waals surface area (Å²) in [4.78, 5) is 17.1. The first kappa shape index (κ1) is 16.1. The van der Waals surface area contributed by atoms with Gasteiger partial charge < -0.3 is 15.1 Å². The lowest BCUT2D eigenvalue weighted by Crippen LogP contribution is -2.43. The van der Waals surface area contributed by atoms with Crippen LogP contribution in [0.15, 0.2) is 0 Å². The van der Waals surface area contributed by atoms with Crippen molar-refractivity contribution in [1.82, 2.24) is 15.1 Å². The first-order chi connectivity index (χ1) is 9.76. The number of carbonyl (C=O) groups excluding carboxylic acids is 1. The molecule has 0 saturated carbocycles. The molecule has 5 heteroatoms. The maximum Gasteiger partial charge on any atom is 0.233 e. The number of carbonyl (C=O) groups is 1. The topological polar surface area (TPSA) is 35.6 Å². The fraction of sp³-hybridized carbons (Fsp3) is 0.933. The normalized spacial score (nSPS) is 26.1. The number of amides is 1. The molecule has 1 amide bonds. The van der Waals surface area contributed by atoms with Gasteiger partial charge in [-0.15, -0.1) is 0 Å². The molecule has 2 unspecified atom stereocenters. The lowest BCUT2D eigenvalue weighted by atomic mass is 10.1. The van der Waals surface area contributed by atoms with Crippen molar-refractivity contribution in [3.63, 3.8) is 0 Å². The second kappa shape index (κ2) is 8.25. The van der Waals surface area contributed by atoms with Crippen molar-refractivity contribution in [2.24, 2.45) is 0 Å². The van der Waals surface area contributed by atoms with E-state index < -0.39 is 0 Å². The SMILES string of the molecule is CCN(CC)CCSCC(=O)N1C2CCNCC1CC2. The third-order valence-corrected chi connectivity index (χ3v) is 5.54. The number of thioether (sulfide) groups is 1. The molecule has 2 fully saturated rings. The number of fused-ring (bicyclic) bond motifs is 2. The van der Waals surface area contributed by atoms with E-state index in [1.165, 1.54) is 12.8 Å². The summed E-state index contributed by atoms with van der Waals surface area (Å²) in [6.07, 6.45) is 3.53. The van der Waals surface area contributed by atoms with E-state index in [1.807, 2.05) is 0 Å². The third-order valence-electron chi connectivity index (χ3n) is 4.61. The molecule has 0 aromatic rings. The molecule has 2 saturated heterocycles. The van der Waals surface area contributed by atoms with Gasteiger partial charge in [-0.2, -0.15) is 11.8 Å². The monoisotopic (exact) mass is 299 g/mol. The molecule has 0 aromatic carbocycles. The zero-order valence-electron chi connectivity index (χ0n) is 12.9. The van der Waals surface area contributed by atoms with E-state index in [2.05, 4.69) is 29.0 Å². The molecule has 0 aliphatic carbocycles. The largest absolute Gasteiger partial charge is 0.335 e. The van der Waals surface area contributed by atoms with Crippen LogP contribution in [0.25, 0.3) is 0 Å². The van der Waals surface area contributed by atoms with Gasteiger partial charge in [-0.25, -0.2) is 0 Å². The number of nitrogens with zero attached hydrogens (tertiary/aromatic N) is 2. The molecule has 2 bridgehead atoms. The van der Waals surface area contributed by atoms with Crippen molar-refractivity contribution in [2.45, 2.75) is 45.2 Å². The maximum atomic E-state index is 12.5. The van der Waals surface area contributed by atoms with Crippen molar-refractivity contribution in [3.05, 3.63) is 0 Å². The molecule has 2 heterocycles. The van der Waals surface area contributed by atoms with E-state index in [1.54, 1.807) is 11.8 Å². The molecule has 1 N–H and O–H groups in total. The molecule has 2 aliphatic rings. The summed E-state index contributed by atoms with van der Waals surface area (Å²) in [5, 5.41) is 3.45. The lowest BCUT2D eigenvalue weighted by Gasteiger charge is -2.28. The summed E-state index contributed by atoms with van der Waals surface area (Å²) < 4.78 is 0. The molecular formula is C15H29N3OS. The molecule has 2 rings (SSSR count). The number of hydrogen-bond donors (Lipinski definition) is 1. The minimum absolute atomic E-state index is 0.366. The van der Waals surface area contributed by atoms with Gasteiger partial charge in [0.05, 0.1) is 5.75 Å². The van der Waals surface area contributed by atoms with Crippen LogP contribution >= 0.6 is 11.8 Å². The van der Waals surface area contributed by atoms with E-state index in [4.69, 9.17) is 0 Å². The average molecular weight is 299 g/mol. The summed E-state index contributed by atoms with van der Waals surface area (Å²) in [6, 6.07) is 0.962. The number of rotatable bonds is 7. The van der Waals surface area contributed by atoms with Gasteiger partial charge in [0.25, 0.3) is 0 Å². The Morgan fingerprint density at radius 2 is 2.00 bits per heavy atom. The van der Waals surface area contributed by atoms with E-state index in [0.29, 0.717) is 23.7 Å². The standard InChI is InChI=1S/C15H29N3OS/c1-3-17(4-2)9-10-20-12-15(19)18-13-5-6-14(18)11-16-8-7-13/h13-14,16H,3-12H2,1-2H3. The number of nitrogens with one attached hydrogen (secondary N) is 1. The van der Waals surface area contributed by atoms with Gasteiger partial charge in [0, 0.05) is 30.9 Å². The average Bonchev–Trinajstić information content (AvgIpc) is 2.72. The first-order valence-corrected chi connectivity index (χ1v) is 9.23. The van der Waals surface area contributed by atoms with Gasteiger partial charge in [0.1, 0.15) is 0 Å². The highest BCUT2D eigenvalue weighted by atomic mass is 32.2. The summed E-state index contributed by atoms with van der Waals surface area (Å²) in [6.45, 7) is 9.76. The molecule has 4 nitrogen and oxygen atoms in total. The zero-order valence-corrected chi connectivity index (χ0v) is 13.8. The Hall–Kier alpha value is -0.260. The predicted octanol–water partition coefficient (Wildman–Crippen LogP) is 1.41. The summed E-state index contributed by atoms with van der Waals surface area (Å²) >= 11 is 1.80. The van der Waals surface area contributed by atoms with Crippen molar-refractivity contribution >= 4 is 17.7 Å². The van der Waals surface area contributed by atoms with Crippen LogP contribution in [-0.4, -0.2) is 72.0 Å².